The molecule has 0 spiro atoms. The van der Waals surface area contributed by atoms with E-state index in [1.165, 1.54) is 5.01 Å². The van der Waals surface area contributed by atoms with Gasteiger partial charge in [0.25, 0.3) is 0 Å². The van der Waals surface area contributed by atoms with E-state index < -0.39 is 0 Å². The van der Waals surface area contributed by atoms with Crippen LogP contribution in [0, 0.1) is 0 Å². The monoisotopic (exact) mass is 214 g/mol. The summed E-state index contributed by atoms with van der Waals surface area (Å²) in [6, 6.07) is 14.8. The smallest absolute Gasteiger partial charge is 0.0805 e. The third-order valence-corrected chi connectivity index (χ3v) is 2.39. The summed E-state index contributed by atoms with van der Waals surface area (Å²) in [6.07, 6.45) is 0. The second-order valence-corrected chi connectivity index (χ2v) is 3.49. The molecule has 4 heteroatoms. The summed E-state index contributed by atoms with van der Waals surface area (Å²) in [5, 5.41) is 1.49. The predicted molar refractivity (Wildman–Crippen MR) is 68.0 cm³/mol. The normalized spacial score (nSPS) is 10.1. The SMILES string of the molecule is Nc1ccccc1N(N)c1ccccc1N. The molecule has 0 atom stereocenters. The largest absolute Gasteiger partial charge is 0.397 e. The molecule has 2 rings (SSSR count). The molecule has 0 radical (unpaired) electrons. The van der Waals surface area contributed by atoms with Crippen LogP contribution in [0.25, 0.3) is 0 Å². The summed E-state index contributed by atoms with van der Waals surface area (Å²) in [5.74, 6) is 5.99. The van der Waals surface area contributed by atoms with Gasteiger partial charge in [0, 0.05) is 0 Å². The number of hydrogen-bond donors (Lipinski definition) is 3. The molecule has 82 valence electrons. The van der Waals surface area contributed by atoms with Crippen LogP contribution in [0.5, 0.6) is 0 Å². The van der Waals surface area contributed by atoms with Crippen molar-refractivity contribution in [3.8, 4) is 0 Å². The predicted octanol–water partition coefficient (Wildman–Crippen LogP) is 1.86. The number of rotatable bonds is 2. The summed E-state index contributed by atoms with van der Waals surface area (Å²) >= 11 is 0. The molecule has 0 aliphatic heterocycles. The lowest BCUT2D eigenvalue weighted by Gasteiger charge is -2.21. The van der Waals surface area contributed by atoms with Gasteiger partial charge >= 0.3 is 0 Å². The first kappa shape index (κ1) is 10.3. The van der Waals surface area contributed by atoms with Gasteiger partial charge in [-0.15, -0.1) is 0 Å². The highest BCUT2D eigenvalue weighted by Crippen LogP contribution is 2.30. The third kappa shape index (κ3) is 1.78. The highest BCUT2D eigenvalue weighted by molar-refractivity contribution is 5.79. The van der Waals surface area contributed by atoms with Gasteiger partial charge in [0.1, 0.15) is 0 Å². The fraction of sp³-hybridized carbons (Fsp3) is 0. The van der Waals surface area contributed by atoms with Crippen LogP contribution in [0.1, 0.15) is 0 Å². The van der Waals surface area contributed by atoms with E-state index in [-0.39, 0.29) is 0 Å². The lowest BCUT2D eigenvalue weighted by Crippen LogP contribution is -2.26. The van der Waals surface area contributed by atoms with Crippen LogP contribution in [-0.4, -0.2) is 0 Å². The van der Waals surface area contributed by atoms with Crippen molar-refractivity contribution in [2.45, 2.75) is 0 Å². The van der Waals surface area contributed by atoms with Crippen molar-refractivity contribution in [2.75, 3.05) is 16.5 Å². The van der Waals surface area contributed by atoms with E-state index in [0.717, 1.165) is 11.4 Å². The maximum atomic E-state index is 5.99. The second-order valence-electron chi connectivity index (χ2n) is 3.49. The van der Waals surface area contributed by atoms with E-state index in [1.807, 2.05) is 36.4 Å². The van der Waals surface area contributed by atoms with Gasteiger partial charge < -0.3 is 11.5 Å². The van der Waals surface area contributed by atoms with Gasteiger partial charge in [0.05, 0.1) is 22.7 Å². The van der Waals surface area contributed by atoms with Gasteiger partial charge in [0.15, 0.2) is 0 Å². The molecule has 6 N–H and O–H groups in total. The molecule has 0 amide bonds. The first-order chi connectivity index (χ1) is 7.70. The average molecular weight is 214 g/mol. The molecule has 0 fully saturated rings. The number of hydrazine groups is 1. The number of nitrogens with two attached hydrogens (primary N) is 3. The minimum absolute atomic E-state index is 0.619. The summed E-state index contributed by atoms with van der Waals surface area (Å²) in [5.41, 5.74) is 14.4. The Balaban J connectivity index is 2.44. The quantitative estimate of drug-likeness (QED) is 0.405. The number of nitrogens with zero attached hydrogens (tertiary/aromatic N) is 1. The molecule has 0 heterocycles. The van der Waals surface area contributed by atoms with E-state index >= 15 is 0 Å². The molecule has 0 aliphatic carbocycles. The van der Waals surface area contributed by atoms with Gasteiger partial charge in [-0.05, 0) is 24.3 Å². The molecule has 0 saturated carbocycles. The molecule has 2 aromatic carbocycles. The topological polar surface area (TPSA) is 81.3 Å². The van der Waals surface area contributed by atoms with Crippen LogP contribution in [0.4, 0.5) is 22.7 Å². The standard InChI is InChI=1S/C12H14N4/c13-9-5-1-3-7-11(9)16(15)12-8-4-2-6-10(12)14/h1-8H,13-15H2. The van der Waals surface area contributed by atoms with Crippen molar-refractivity contribution in [1.82, 2.24) is 0 Å². The highest BCUT2D eigenvalue weighted by atomic mass is 15.4. The third-order valence-electron chi connectivity index (χ3n) is 2.39. The fourth-order valence-corrected chi connectivity index (χ4v) is 1.54. The van der Waals surface area contributed by atoms with Gasteiger partial charge in [-0.25, -0.2) is 5.84 Å². The van der Waals surface area contributed by atoms with Crippen LogP contribution in [-0.2, 0) is 0 Å². The Morgan fingerprint density at radius 2 is 1.06 bits per heavy atom. The number of nitrogen functional groups attached to an aromatic ring is 2. The van der Waals surface area contributed by atoms with Crippen molar-refractivity contribution in [3.05, 3.63) is 48.5 Å². The number of hydrogen-bond acceptors (Lipinski definition) is 4. The molecule has 16 heavy (non-hydrogen) atoms. The zero-order valence-electron chi connectivity index (χ0n) is 8.80. The van der Waals surface area contributed by atoms with Crippen molar-refractivity contribution >= 4 is 22.7 Å². The minimum atomic E-state index is 0.619. The van der Waals surface area contributed by atoms with Crippen molar-refractivity contribution in [2.24, 2.45) is 5.84 Å². The Labute approximate surface area is 94.2 Å². The fourth-order valence-electron chi connectivity index (χ4n) is 1.54. The van der Waals surface area contributed by atoms with E-state index in [4.69, 9.17) is 17.3 Å². The van der Waals surface area contributed by atoms with Crippen LogP contribution < -0.4 is 22.3 Å². The first-order valence-corrected chi connectivity index (χ1v) is 4.94. The Kier molecular flexibility index (Phi) is 2.66. The van der Waals surface area contributed by atoms with E-state index in [9.17, 15) is 0 Å². The molecule has 4 nitrogen and oxygen atoms in total. The average Bonchev–Trinajstić information content (AvgIpc) is 2.29. The van der Waals surface area contributed by atoms with Crippen LogP contribution >= 0.6 is 0 Å². The van der Waals surface area contributed by atoms with Crippen molar-refractivity contribution < 1.29 is 0 Å². The van der Waals surface area contributed by atoms with E-state index in [0.29, 0.717) is 11.4 Å². The molecule has 0 aliphatic rings. The molecule has 2 aromatic rings. The van der Waals surface area contributed by atoms with Gasteiger partial charge in [-0.2, -0.15) is 0 Å². The Hall–Kier alpha value is -2.20. The highest BCUT2D eigenvalue weighted by Gasteiger charge is 2.09. The Morgan fingerprint density at radius 1 is 0.688 bits per heavy atom. The number of benzene rings is 2. The molecular weight excluding hydrogens is 200 g/mol. The lowest BCUT2D eigenvalue weighted by atomic mass is 10.2. The molecular formula is C12H14N4. The molecule has 0 bridgehead atoms. The minimum Gasteiger partial charge on any atom is -0.397 e. The first-order valence-electron chi connectivity index (χ1n) is 4.94. The van der Waals surface area contributed by atoms with Gasteiger partial charge in [-0.1, -0.05) is 24.3 Å². The van der Waals surface area contributed by atoms with Gasteiger partial charge in [-0.3, -0.25) is 5.01 Å². The van der Waals surface area contributed by atoms with Crippen LogP contribution in [0.3, 0.4) is 0 Å². The number of anilines is 4. The summed E-state index contributed by atoms with van der Waals surface area (Å²) < 4.78 is 0. The summed E-state index contributed by atoms with van der Waals surface area (Å²) in [4.78, 5) is 0. The summed E-state index contributed by atoms with van der Waals surface area (Å²) in [7, 11) is 0. The maximum Gasteiger partial charge on any atom is 0.0805 e. The lowest BCUT2D eigenvalue weighted by molar-refractivity contribution is 1.09. The maximum absolute atomic E-state index is 5.99. The zero-order chi connectivity index (χ0) is 11.5. The summed E-state index contributed by atoms with van der Waals surface area (Å²) in [6.45, 7) is 0. The number of para-hydroxylation sites is 4. The van der Waals surface area contributed by atoms with Gasteiger partial charge in [0.2, 0.25) is 0 Å². The van der Waals surface area contributed by atoms with Crippen molar-refractivity contribution in [3.63, 3.8) is 0 Å². The molecule has 0 aromatic heterocycles. The van der Waals surface area contributed by atoms with Crippen LogP contribution in [0.2, 0.25) is 0 Å². The second kappa shape index (κ2) is 4.12. The Morgan fingerprint density at radius 3 is 1.44 bits per heavy atom. The van der Waals surface area contributed by atoms with E-state index in [2.05, 4.69) is 0 Å². The van der Waals surface area contributed by atoms with Crippen molar-refractivity contribution in [1.29, 1.82) is 0 Å². The molecule has 0 saturated heterocycles. The Bertz CT molecular complexity index is 450. The zero-order valence-corrected chi connectivity index (χ0v) is 8.80. The molecule has 0 unspecified atom stereocenters. The van der Waals surface area contributed by atoms with E-state index in [1.54, 1.807) is 12.1 Å². The van der Waals surface area contributed by atoms with Crippen LogP contribution in [0.15, 0.2) is 48.5 Å².